The number of ether oxygens (including phenoxy) is 2. The van der Waals surface area contributed by atoms with Crippen LogP contribution in [0.2, 0.25) is 0 Å². The molecule has 28 heteroatoms. The molecule has 0 bridgehead atoms. The van der Waals surface area contributed by atoms with E-state index in [1.807, 2.05) is 12.1 Å². The van der Waals surface area contributed by atoms with E-state index in [-0.39, 0.29) is 73.1 Å². The van der Waals surface area contributed by atoms with Gasteiger partial charge in [-0.3, -0.25) is 76.1 Å². The van der Waals surface area contributed by atoms with Crippen LogP contribution in [0.3, 0.4) is 0 Å². The Labute approximate surface area is 350 Å². The summed E-state index contributed by atoms with van der Waals surface area (Å²) in [5, 5.41) is 23.5. The summed E-state index contributed by atoms with van der Waals surface area (Å²) >= 11 is 0. The van der Waals surface area contributed by atoms with Crippen LogP contribution in [0.15, 0.2) is 22.2 Å². The number of fused-ring (bicyclic) bond motifs is 4. The van der Waals surface area contributed by atoms with Gasteiger partial charge in [-0.1, -0.05) is 27.7 Å². The van der Waals surface area contributed by atoms with Crippen molar-refractivity contribution in [3.05, 3.63) is 33.4 Å². The summed E-state index contributed by atoms with van der Waals surface area (Å²) in [6.45, 7) is 4.70. The SMILES string of the molecule is CC(C)C(=O)Nc1nc2c(ncn2C2C[C@@H]3OP(=O)(OCCC#N)OCC4OC(n5cnc6c(=O)[nH]c(NC(=O)C(C)C)nc65)C[C@@H]4OP(=O)(OCCC#N)OCC3O2)c(=O)[nH]1. The minimum atomic E-state index is -4.63. The first-order valence-corrected chi connectivity index (χ1v) is 22.3. The number of H-pyrrole nitrogens is 2. The summed E-state index contributed by atoms with van der Waals surface area (Å²) in [5.74, 6) is -1.98. The maximum Gasteiger partial charge on any atom is 0.475 e. The topological polar surface area (TPSA) is 341 Å². The molecule has 7 heterocycles. The summed E-state index contributed by atoms with van der Waals surface area (Å²) in [7, 11) is -9.27. The number of imidazole rings is 2. The highest BCUT2D eigenvalue weighted by Gasteiger charge is 2.49. The van der Waals surface area contributed by atoms with Gasteiger partial charge in [-0.05, 0) is 0 Å². The molecule has 62 heavy (non-hydrogen) atoms. The molecule has 4 aromatic rings. The first kappa shape index (κ1) is 44.8. The van der Waals surface area contributed by atoms with E-state index in [0.29, 0.717) is 0 Å². The molecule has 3 fully saturated rings. The van der Waals surface area contributed by atoms with Crippen LogP contribution in [-0.2, 0) is 55.3 Å². The highest BCUT2D eigenvalue weighted by molar-refractivity contribution is 7.48. The molecule has 0 radical (unpaired) electrons. The van der Waals surface area contributed by atoms with Crippen LogP contribution in [0.5, 0.6) is 0 Å². The fourth-order valence-electron chi connectivity index (χ4n) is 6.44. The van der Waals surface area contributed by atoms with Gasteiger partial charge in [-0.25, -0.2) is 19.1 Å². The van der Waals surface area contributed by atoms with Crippen molar-refractivity contribution in [1.29, 1.82) is 10.5 Å². The van der Waals surface area contributed by atoms with Crippen LogP contribution < -0.4 is 21.8 Å². The second-order valence-corrected chi connectivity index (χ2v) is 18.0. The molecule has 7 rings (SSSR count). The molecule has 3 saturated heterocycles. The molecule has 0 spiro atoms. The van der Waals surface area contributed by atoms with E-state index in [4.69, 9.17) is 36.6 Å². The van der Waals surface area contributed by atoms with Crippen LogP contribution in [-0.4, -0.2) is 102 Å². The molecule has 0 aromatic carbocycles. The third-order valence-electron chi connectivity index (χ3n) is 9.63. The number of nitrogens with one attached hydrogen (secondary N) is 4. The maximum atomic E-state index is 14.4. The predicted octanol–water partition coefficient (Wildman–Crippen LogP) is 2.91. The van der Waals surface area contributed by atoms with E-state index in [0.717, 1.165) is 0 Å². The van der Waals surface area contributed by atoms with Crippen molar-refractivity contribution in [3.63, 3.8) is 0 Å². The quantitative estimate of drug-likeness (QED) is 0.117. The van der Waals surface area contributed by atoms with E-state index in [9.17, 15) is 38.8 Å². The lowest BCUT2D eigenvalue weighted by atomic mass is 10.2. The van der Waals surface area contributed by atoms with Gasteiger partial charge in [-0.15, -0.1) is 0 Å². The first-order chi connectivity index (χ1) is 29.6. The van der Waals surface area contributed by atoms with Crippen molar-refractivity contribution in [2.24, 2.45) is 11.8 Å². The number of hydrogen-bond acceptors (Lipinski definition) is 20. The lowest BCUT2D eigenvalue weighted by Crippen LogP contribution is -2.33. The lowest BCUT2D eigenvalue weighted by molar-refractivity contribution is -0.119. The van der Waals surface area contributed by atoms with Crippen LogP contribution >= 0.6 is 15.6 Å². The minimum absolute atomic E-state index is 0.0103. The van der Waals surface area contributed by atoms with Gasteiger partial charge in [0.15, 0.2) is 22.3 Å². The molecule has 332 valence electrons. The van der Waals surface area contributed by atoms with Crippen LogP contribution in [0.1, 0.15) is 65.8 Å². The van der Waals surface area contributed by atoms with E-state index >= 15 is 0 Å². The van der Waals surface area contributed by atoms with Crippen LogP contribution in [0, 0.1) is 34.5 Å². The number of carbonyl (C=O) groups is 2. The third-order valence-corrected chi connectivity index (χ3v) is 12.6. The minimum Gasteiger partial charge on any atom is -0.349 e. The van der Waals surface area contributed by atoms with Crippen molar-refractivity contribution in [3.8, 4) is 12.1 Å². The van der Waals surface area contributed by atoms with Crippen molar-refractivity contribution < 1.29 is 55.3 Å². The number of aromatic amines is 2. The van der Waals surface area contributed by atoms with Gasteiger partial charge < -0.3 is 9.47 Å². The molecule has 2 amide bonds. The molecule has 4 N–H and O–H groups in total. The molecule has 6 unspecified atom stereocenters. The van der Waals surface area contributed by atoms with Crippen molar-refractivity contribution in [2.75, 3.05) is 37.1 Å². The Kier molecular flexibility index (Phi) is 13.5. The fourth-order valence-corrected chi connectivity index (χ4v) is 9.23. The fraction of sp³-hybridized carbons (Fsp3) is 0.588. The average molecular weight is 905 g/mol. The molecule has 26 nitrogen and oxygen atoms in total. The largest absolute Gasteiger partial charge is 0.475 e. The zero-order valence-corrected chi connectivity index (χ0v) is 35.4. The number of carbonyl (C=O) groups excluding carboxylic acids is 2. The second-order valence-electron chi connectivity index (χ2n) is 14.8. The van der Waals surface area contributed by atoms with Gasteiger partial charge in [0, 0.05) is 24.7 Å². The monoisotopic (exact) mass is 904 g/mol. The number of rotatable bonds is 12. The number of hydrogen-bond donors (Lipinski definition) is 4. The lowest BCUT2D eigenvalue weighted by Gasteiger charge is -2.29. The Morgan fingerprint density at radius 1 is 0.758 bits per heavy atom. The Balaban J connectivity index is 1.20. The summed E-state index contributed by atoms with van der Waals surface area (Å²) in [4.78, 5) is 72.7. The summed E-state index contributed by atoms with van der Waals surface area (Å²) in [6.07, 6.45) is -5.11. The van der Waals surface area contributed by atoms with Crippen molar-refractivity contribution in [1.82, 2.24) is 39.0 Å². The Morgan fingerprint density at radius 3 is 1.53 bits per heavy atom. The smallest absolute Gasteiger partial charge is 0.349 e. The molecule has 3 aliphatic heterocycles. The molecule has 0 saturated carbocycles. The predicted molar refractivity (Wildman–Crippen MR) is 210 cm³/mol. The first-order valence-electron chi connectivity index (χ1n) is 19.3. The highest BCUT2D eigenvalue weighted by Crippen LogP contribution is 2.58. The standard InChI is InChI=1S/C34H42N12O14P2/c1-17(2)29(47)41-33-39-27-25(31(49)43-33)37-15-45(27)23-11-19-21(57-23)13-55-62(52,54-10-6-8-36)60-20-12-24(58-22(20)14-56-61(51,59-19)53-9-5-7-35)46-16-38-26-28(46)40-34(44-32(26)50)42-30(48)18(3)4/h15-24H,5-6,9-14H2,1-4H3,(H2,39,41,43,47,49)(H2,40,42,44,48,50)/t19-,20-,21?,22?,23?,24?,61?,62?/m0/s1. The Hall–Kier alpha value is -5.24. The number of nitrogens with zero attached hydrogens (tertiary/aromatic N) is 8. The normalized spacial score (nSPS) is 27.9. The Bertz CT molecular complexity index is 2450. The number of nitriles is 2. The Morgan fingerprint density at radius 2 is 1.16 bits per heavy atom. The summed E-state index contributed by atoms with van der Waals surface area (Å²) in [6, 6.07) is 3.78. The van der Waals surface area contributed by atoms with Crippen LogP contribution in [0.25, 0.3) is 22.3 Å². The van der Waals surface area contributed by atoms with Crippen LogP contribution in [0.4, 0.5) is 11.9 Å². The zero-order valence-electron chi connectivity index (χ0n) is 33.6. The molecule has 3 aliphatic rings. The molecular formula is C34H42N12O14P2. The van der Waals surface area contributed by atoms with Crippen molar-refractivity contribution in [2.45, 2.75) is 90.2 Å². The summed E-state index contributed by atoms with van der Waals surface area (Å²) in [5.41, 5.74) is -1.48. The van der Waals surface area contributed by atoms with Gasteiger partial charge in [-0.2, -0.15) is 20.5 Å². The third kappa shape index (κ3) is 9.85. The van der Waals surface area contributed by atoms with E-state index in [1.54, 1.807) is 27.7 Å². The number of anilines is 2. The number of amides is 2. The highest BCUT2D eigenvalue weighted by atomic mass is 31.2. The average Bonchev–Trinajstić information content (AvgIpc) is 4.02. The molecule has 0 aliphatic carbocycles. The van der Waals surface area contributed by atoms with E-state index in [1.165, 1.54) is 21.8 Å². The molecule has 4 aromatic heterocycles. The summed E-state index contributed by atoms with van der Waals surface area (Å²) < 4.78 is 79.1. The number of phosphoric acid groups is 2. The number of phosphoric ester groups is 2. The van der Waals surface area contributed by atoms with E-state index in [2.05, 4.69) is 40.5 Å². The van der Waals surface area contributed by atoms with Gasteiger partial charge in [0.1, 0.15) is 36.9 Å². The van der Waals surface area contributed by atoms with E-state index < -0.39 is 100 Å². The van der Waals surface area contributed by atoms with Crippen molar-refractivity contribution >= 4 is 61.7 Å². The second kappa shape index (κ2) is 18.6. The van der Waals surface area contributed by atoms with Gasteiger partial charge in [0.2, 0.25) is 23.7 Å². The van der Waals surface area contributed by atoms with Gasteiger partial charge >= 0.3 is 15.6 Å². The molecule has 8 atom stereocenters. The maximum absolute atomic E-state index is 14.4. The van der Waals surface area contributed by atoms with Gasteiger partial charge in [0.25, 0.3) is 11.1 Å². The van der Waals surface area contributed by atoms with Gasteiger partial charge in [0.05, 0.1) is 64.1 Å². The zero-order chi connectivity index (χ0) is 44.3. The number of aromatic nitrogens is 8. The molecular weight excluding hydrogens is 862 g/mol.